The van der Waals surface area contributed by atoms with Crippen LogP contribution < -0.4 is 16.2 Å². The zero-order valence-electron chi connectivity index (χ0n) is 11.1. The molecule has 2 rings (SSSR count). The van der Waals surface area contributed by atoms with Crippen LogP contribution in [0.25, 0.3) is 0 Å². The minimum absolute atomic E-state index is 0.307. The van der Waals surface area contributed by atoms with Crippen LogP contribution in [0.1, 0.15) is 11.5 Å². The number of hydrogen-bond acceptors (Lipinski definition) is 6. The minimum Gasteiger partial charge on any atom is -0.496 e. The Labute approximate surface area is 135 Å². The number of methoxy groups -OCH3 is 1. The second-order valence-electron chi connectivity index (χ2n) is 4.20. The molecule has 0 aromatic heterocycles. The molecule has 1 aromatic rings. The topological polar surface area (TPSA) is 109 Å². The molecule has 1 aliphatic rings. The van der Waals surface area contributed by atoms with Gasteiger partial charge in [-0.2, -0.15) is 10.5 Å². The highest BCUT2D eigenvalue weighted by molar-refractivity contribution is 9.10. The van der Waals surface area contributed by atoms with Crippen LogP contribution in [0.2, 0.25) is 0 Å². The van der Waals surface area contributed by atoms with Gasteiger partial charge in [0.2, 0.25) is 0 Å². The van der Waals surface area contributed by atoms with Crippen molar-refractivity contribution in [1.29, 1.82) is 10.5 Å². The van der Waals surface area contributed by atoms with Crippen LogP contribution in [-0.4, -0.2) is 7.11 Å². The van der Waals surface area contributed by atoms with Gasteiger partial charge in [0.1, 0.15) is 5.75 Å². The van der Waals surface area contributed by atoms with Crippen molar-refractivity contribution in [3.8, 4) is 17.9 Å². The van der Waals surface area contributed by atoms with E-state index in [9.17, 15) is 10.5 Å². The van der Waals surface area contributed by atoms with Crippen molar-refractivity contribution in [3.05, 3.63) is 49.4 Å². The van der Waals surface area contributed by atoms with Gasteiger partial charge in [-0.1, -0.05) is 27.7 Å². The fraction of sp³-hybridized carbons (Fsp3) is 0.143. The van der Waals surface area contributed by atoms with E-state index in [2.05, 4.69) is 28.1 Å². The summed E-state index contributed by atoms with van der Waals surface area (Å²) in [5.74, 6) is -0.0510. The van der Waals surface area contributed by atoms with E-state index < -0.39 is 5.92 Å². The second kappa shape index (κ2) is 6.13. The molecule has 0 aliphatic carbocycles. The maximum absolute atomic E-state index is 9.40. The molecule has 4 N–H and O–H groups in total. The van der Waals surface area contributed by atoms with E-state index in [4.69, 9.17) is 16.2 Å². The summed E-state index contributed by atoms with van der Waals surface area (Å²) in [6.45, 7) is 0. The summed E-state index contributed by atoms with van der Waals surface area (Å²) in [5, 5.41) is 19.4. The van der Waals surface area contributed by atoms with E-state index in [0.29, 0.717) is 32.5 Å². The van der Waals surface area contributed by atoms with E-state index in [1.165, 1.54) is 7.11 Å². The zero-order valence-corrected chi connectivity index (χ0v) is 13.5. The molecule has 21 heavy (non-hydrogen) atoms. The normalized spacial score (nSPS) is 15.6. The number of allylic oxidation sites excluding steroid dienone is 2. The predicted octanol–water partition coefficient (Wildman–Crippen LogP) is 2.68. The summed E-state index contributed by atoms with van der Waals surface area (Å²) in [4.78, 5) is 0. The standard InChI is InChI=1S/C14H11BrN4OS/c1-20-11-3-2-7(15)4-8(11)12-9(5-16)13(18)21-14(19)10(12)6-17/h2-4,12H,18-19H2,1H3. The van der Waals surface area contributed by atoms with Gasteiger partial charge in [-0.3, -0.25) is 0 Å². The number of thioether (sulfide) groups is 1. The third-order valence-corrected chi connectivity index (χ3v) is 4.44. The van der Waals surface area contributed by atoms with Crippen molar-refractivity contribution >= 4 is 27.7 Å². The molecule has 5 nitrogen and oxygen atoms in total. The van der Waals surface area contributed by atoms with Crippen LogP contribution >= 0.6 is 27.7 Å². The minimum atomic E-state index is -0.617. The van der Waals surface area contributed by atoms with E-state index >= 15 is 0 Å². The molecule has 0 atom stereocenters. The van der Waals surface area contributed by atoms with Crippen LogP contribution in [0.4, 0.5) is 0 Å². The molecule has 0 amide bonds. The lowest BCUT2D eigenvalue weighted by Crippen LogP contribution is -2.18. The molecule has 0 bridgehead atoms. The highest BCUT2D eigenvalue weighted by atomic mass is 79.9. The first-order valence-electron chi connectivity index (χ1n) is 5.84. The molecule has 1 heterocycles. The molecule has 0 spiro atoms. The molecule has 0 fully saturated rings. The first-order chi connectivity index (χ1) is 10.0. The maximum Gasteiger partial charge on any atom is 0.123 e. The fourth-order valence-corrected chi connectivity index (χ4v) is 3.30. The molecular formula is C14H11BrN4OS. The zero-order chi connectivity index (χ0) is 15.6. The Kier molecular flexibility index (Phi) is 4.46. The average Bonchev–Trinajstić information content (AvgIpc) is 2.46. The number of rotatable bonds is 2. The number of nitrogens with two attached hydrogens (primary N) is 2. The van der Waals surface area contributed by atoms with Crippen LogP contribution in [0.15, 0.2) is 43.9 Å². The molecule has 0 saturated carbocycles. The number of halogens is 1. The molecule has 7 heteroatoms. The van der Waals surface area contributed by atoms with Crippen LogP contribution in [0, 0.1) is 22.7 Å². The van der Waals surface area contributed by atoms with Gasteiger partial charge in [0.25, 0.3) is 0 Å². The number of benzene rings is 1. The van der Waals surface area contributed by atoms with E-state index in [1.54, 1.807) is 12.1 Å². The number of nitrogens with zero attached hydrogens (tertiary/aromatic N) is 2. The number of nitriles is 2. The highest BCUT2D eigenvalue weighted by Crippen LogP contribution is 2.45. The van der Waals surface area contributed by atoms with Gasteiger partial charge >= 0.3 is 0 Å². The SMILES string of the molecule is COc1ccc(Br)cc1C1C(C#N)=C(N)SC(N)=C1C#N. The Morgan fingerprint density at radius 2 is 1.76 bits per heavy atom. The van der Waals surface area contributed by atoms with Crippen LogP contribution in [0.3, 0.4) is 0 Å². The smallest absolute Gasteiger partial charge is 0.123 e. The summed E-state index contributed by atoms with van der Waals surface area (Å²) in [5.41, 5.74) is 13.1. The monoisotopic (exact) mass is 362 g/mol. The first-order valence-corrected chi connectivity index (χ1v) is 7.45. The molecular weight excluding hydrogens is 352 g/mol. The van der Waals surface area contributed by atoms with E-state index in [0.717, 1.165) is 16.2 Å². The van der Waals surface area contributed by atoms with Crippen molar-refractivity contribution in [3.63, 3.8) is 0 Å². The average molecular weight is 363 g/mol. The van der Waals surface area contributed by atoms with Gasteiger partial charge in [-0.25, -0.2) is 0 Å². The molecule has 0 radical (unpaired) electrons. The summed E-state index contributed by atoms with van der Waals surface area (Å²) in [6.07, 6.45) is 0. The van der Waals surface area contributed by atoms with Crippen molar-refractivity contribution in [2.75, 3.05) is 7.11 Å². The number of hydrogen-bond donors (Lipinski definition) is 2. The van der Waals surface area contributed by atoms with Gasteiger partial charge in [-0.05, 0) is 18.2 Å². The largest absolute Gasteiger partial charge is 0.496 e. The predicted molar refractivity (Wildman–Crippen MR) is 84.7 cm³/mol. The van der Waals surface area contributed by atoms with Crippen LogP contribution in [0.5, 0.6) is 5.75 Å². The second-order valence-corrected chi connectivity index (χ2v) is 6.20. The molecule has 0 saturated heterocycles. The Morgan fingerprint density at radius 3 is 2.24 bits per heavy atom. The van der Waals surface area contributed by atoms with E-state index in [-0.39, 0.29) is 0 Å². The lowest BCUT2D eigenvalue weighted by atomic mass is 9.85. The molecule has 1 aliphatic heterocycles. The van der Waals surface area contributed by atoms with Gasteiger partial charge in [0.15, 0.2) is 0 Å². The van der Waals surface area contributed by atoms with Crippen molar-refractivity contribution < 1.29 is 4.74 Å². The number of ether oxygens (including phenoxy) is 1. The van der Waals surface area contributed by atoms with Crippen molar-refractivity contribution in [1.82, 2.24) is 0 Å². The Balaban J connectivity index is 2.74. The van der Waals surface area contributed by atoms with Gasteiger partial charge in [0, 0.05) is 10.0 Å². The Hall–Kier alpha value is -2.09. The summed E-state index contributed by atoms with van der Waals surface area (Å²) in [6, 6.07) is 9.54. The van der Waals surface area contributed by atoms with Gasteiger partial charge in [0.05, 0.1) is 46.4 Å². The highest BCUT2D eigenvalue weighted by Gasteiger charge is 2.33. The Morgan fingerprint density at radius 1 is 1.19 bits per heavy atom. The first kappa shape index (κ1) is 15.3. The van der Waals surface area contributed by atoms with Crippen LogP contribution in [-0.2, 0) is 0 Å². The molecule has 1 aromatic carbocycles. The lowest BCUT2D eigenvalue weighted by Gasteiger charge is -2.25. The maximum atomic E-state index is 9.40. The third-order valence-electron chi connectivity index (χ3n) is 3.07. The third kappa shape index (κ3) is 2.71. The molecule has 0 unspecified atom stereocenters. The van der Waals surface area contributed by atoms with E-state index in [1.807, 2.05) is 6.07 Å². The summed E-state index contributed by atoms with van der Waals surface area (Å²) < 4.78 is 6.14. The quantitative estimate of drug-likeness (QED) is 0.836. The Bertz CT molecular complexity index is 706. The van der Waals surface area contributed by atoms with Crippen molar-refractivity contribution in [2.24, 2.45) is 11.5 Å². The summed E-state index contributed by atoms with van der Waals surface area (Å²) in [7, 11) is 1.53. The lowest BCUT2D eigenvalue weighted by molar-refractivity contribution is 0.409. The van der Waals surface area contributed by atoms with Crippen molar-refractivity contribution in [2.45, 2.75) is 5.92 Å². The molecule has 106 valence electrons. The van der Waals surface area contributed by atoms with Gasteiger partial charge in [-0.15, -0.1) is 0 Å². The van der Waals surface area contributed by atoms with Gasteiger partial charge < -0.3 is 16.2 Å². The summed E-state index contributed by atoms with van der Waals surface area (Å²) >= 11 is 4.42. The fourth-order valence-electron chi connectivity index (χ4n) is 2.14.